The van der Waals surface area contributed by atoms with Crippen LogP contribution in [0, 0.1) is 0 Å². The van der Waals surface area contributed by atoms with Crippen LogP contribution in [-0.4, -0.2) is 164 Å². The molecule has 4 N–H and O–H groups in total. The maximum absolute atomic E-state index is 13.9. The summed E-state index contributed by atoms with van der Waals surface area (Å²) in [6, 6.07) is 31.4. The number of carbonyl (C=O) groups is 4. The van der Waals surface area contributed by atoms with Gasteiger partial charge in [0.05, 0.1) is 70.6 Å². The lowest BCUT2D eigenvalue weighted by Crippen LogP contribution is -2.47. The van der Waals surface area contributed by atoms with E-state index >= 15 is 0 Å². The van der Waals surface area contributed by atoms with E-state index in [1.807, 2.05) is 102 Å². The first-order valence-corrected chi connectivity index (χ1v) is 29.9. The van der Waals surface area contributed by atoms with Crippen LogP contribution >= 0.6 is 27.3 Å². The lowest BCUT2D eigenvalue weighted by Gasteiger charge is -2.32. The molecule has 1 atom stereocenters. The number of nitrogens with one attached hydrogen (secondary N) is 4. The van der Waals surface area contributed by atoms with Gasteiger partial charge in [-0.05, 0) is 111 Å². The number of halogens is 1. The smallest absolute Gasteiger partial charge is 0.325 e. The van der Waals surface area contributed by atoms with Gasteiger partial charge < -0.3 is 54.3 Å². The molecule has 1 saturated heterocycles. The number of aryl methyl sites for hydroxylation is 1. The van der Waals surface area contributed by atoms with E-state index in [1.54, 1.807) is 34.3 Å². The summed E-state index contributed by atoms with van der Waals surface area (Å²) in [5.74, 6) is 1.30. The second-order valence-corrected chi connectivity index (χ2v) is 21.9. The molecule has 0 bridgehead atoms. The molecule has 20 nitrogen and oxygen atoms in total. The number of thiazole rings is 1. The van der Waals surface area contributed by atoms with E-state index in [0.29, 0.717) is 121 Å². The van der Waals surface area contributed by atoms with E-state index in [2.05, 4.69) is 57.4 Å². The van der Waals surface area contributed by atoms with Crippen molar-refractivity contribution in [3.05, 3.63) is 147 Å². The molecule has 1 aliphatic heterocycles. The largest absolute Gasteiger partial charge is 0.494 e. The number of ether oxygens (including phenoxy) is 5. The SMILES string of the molecule is CN1CCN(C(=O)Cc2csc(NC(=O)Nc3ccc(OCCOCCn4cc(CCOCCOCCNCCCCOc5ccc(CCC(=O)N(C6CC6)[C@H](C(=O)NCc6ccccc6)c6ccc(Br)cc6)cc5)nn4)cc3)n2)CC1. The van der Waals surface area contributed by atoms with E-state index in [9.17, 15) is 19.2 Å². The van der Waals surface area contributed by atoms with Crippen molar-refractivity contribution in [1.82, 2.24) is 45.3 Å². The molecule has 3 heterocycles. The number of benzene rings is 4. The number of carbonyl (C=O) groups excluding carboxylic acids is 4. The Hall–Kier alpha value is -6.79. The van der Waals surface area contributed by atoms with Gasteiger partial charge in [0.2, 0.25) is 17.7 Å². The van der Waals surface area contributed by atoms with Crippen molar-refractivity contribution in [2.24, 2.45) is 0 Å². The van der Waals surface area contributed by atoms with Gasteiger partial charge >= 0.3 is 6.03 Å². The summed E-state index contributed by atoms with van der Waals surface area (Å²) in [4.78, 5) is 63.2. The average molecular weight is 1210 g/mol. The van der Waals surface area contributed by atoms with Crippen molar-refractivity contribution in [3.8, 4) is 11.5 Å². The van der Waals surface area contributed by atoms with Crippen molar-refractivity contribution in [1.29, 1.82) is 0 Å². The normalized spacial score (nSPS) is 13.8. The number of urea groups is 1. The predicted molar refractivity (Wildman–Crippen MR) is 318 cm³/mol. The zero-order valence-corrected chi connectivity index (χ0v) is 49.1. The van der Waals surface area contributed by atoms with Crippen LogP contribution < -0.4 is 30.7 Å². The highest BCUT2D eigenvalue weighted by atomic mass is 79.9. The minimum absolute atomic E-state index is 0.0226. The molecule has 8 rings (SSSR count). The minimum Gasteiger partial charge on any atom is -0.494 e. The van der Waals surface area contributed by atoms with Gasteiger partial charge in [-0.2, -0.15) is 0 Å². The Morgan fingerprint density at radius 2 is 1.43 bits per heavy atom. The molecule has 2 fully saturated rings. The van der Waals surface area contributed by atoms with Gasteiger partial charge in [-0.25, -0.2) is 14.5 Å². The highest BCUT2D eigenvalue weighted by molar-refractivity contribution is 9.10. The lowest BCUT2D eigenvalue weighted by molar-refractivity contribution is -0.141. The van der Waals surface area contributed by atoms with E-state index in [1.165, 1.54) is 11.3 Å². The van der Waals surface area contributed by atoms with Gasteiger partial charge in [0.1, 0.15) is 24.1 Å². The van der Waals surface area contributed by atoms with Gasteiger partial charge in [-0.3, -0.25) is 19.7 Å². The Morgan fingerprint density at radius 3 is 2.18 bits per heavy atom. The quantitative estimate of drug-likeness (QED) is 0.0283. The van der Waals surface area contributed by atoms with Crippen LogP contribution in [0.25, 0.3) is 0 Å². The summed E-state index contributed by atoms with van der Waals surface area (Å²) in [6.07, 6.45) is 7.31. The fourth-order valence-electron chi connectivity index (χ4n) is 9.02. The number of unbranched alkanes of at least 4 members (excludes halogenated alkanes) is 1. The van der Waals surface area contributed by atoms with E-state index in [4.69, 9.17) is 23.7 Å². The summed E-state index contributed by atoms with van der Waals surface area (Å²) >= 11 is 4.79. The molecule has 1 saturated carbocycles. The molecule has 5 amide bonds. The maximum Gasteiger partial charge on any atom is 0.325 e. The van der Waals surface area contributed by atoms with E-state index < -0.39 is 12.1 Å². The Labute approximate surface area is 492 Å². The fourth-order valence-corrected chi connectivity index (χ4v) is 9.99. The average Bonchev–Trinajstić information content (AvgIpc) is 4.24. The fraction of sp³-hybridized carbons (Fsp3) is 0.450. The molecular weight excluding hydrogens is 1130 g/mol. The van der Waals surface area contributed by atoms with Gasteiger partial charge in [0.15, 0.2) is 5.13 Å². The molecule has 4 aromatic carbocycles. The number of piperazine rings is 1. The first kappa shape index (κ1) is 61.3. The van der Waals surface area contributed by atoms with Crippen molar-refractivity contribution in [3.63, 3.8) is 0 Å². The number of amides is 5. The molecule has 82 heavy (non-hydrogen) atoms. The lowest BCUT2D eigenvalue weighted by atomic mass is 10.0. The molecule has 0 radical (unpaired) electrons. The summed E-state index contributed by atoms with van der Waals surface area (Å²) in [5, 5.41) is 22.7. The number of aromatic nitrogens is 4. The molecule has 22 heteroatoms. The summed E-state index contributed by atoms with van der Waals surface area (Å²) < 4.78 is 31.7. The highest BCUT2D eigenvalue weighted by Gasteiger charge is 2.41. The van der Waals surface area contributed by atoms with Crippen LogP contribution in [0.5, 0.6) is 11.5 Å². The van der Waals surface area contributed by atoms with Gasteiger partial charge in [0.25, 0.3) is 0 Å². The maximum atomic E-state index is 13.9. The number of hydrogen-bond donors (Lipinski definition) is 4. The van der Waals surface area contributed by atoms with Crippen LogP contribution in [-0.2, 0) is 60.9 Å². The first-order valence-electron chi connectivity index (χ1n) is 28.3. The predicted octanol–water partition coefficient (Wildman–Crippen LogP) is 7.56. The molecule has 2 aromatic heterocycles. The van der Waals surface area contributed by atoms with Gasteiger partial charge in [-0.1, -0.05) is 75.7 Å². The standard InChI is InChI=1S/C60H76BrN11O9S/c1-69-28-30-70(31-29-69)56(74)41-51-44-82-60(65-51)66-59(76)64-49-16-22-54(23-17-49)81-40-39-79-36-32-71-43-50(67-68-71)25-34-77-37-38-78-35-27-62-26-5-6-33-80-53-20-9-45(10-21-53)11-24-55(73)72(52-18-19-52)57(47-12-14-48(61)15-13-47)58(75)63-42-46-7-3-2-4-8-46/h2-4,7-10,12-17,20-23,43-44,52,57,62H,5-6,11,18-19,24-42H2,1H3,(H,63,75)(H2,64,65,66,76)/t57-/m0/s1. The second-order valence-electron chi connectivity index (χ2n) is 20.2. The Kier molecular flexibility index (Phi) is 24.9. The zero-order chi connectivity index (χ0) is 57.1. The summed E-state index contributed by atoms with van der Waals surface area (Å²) in [6.45, 7) is 9.68. The van der Waals surface area contributed by atoms with Crippen LogP contribution in [0.3, 0.4) is 0 Å². The molecule has 438 valence electrons. The number of rotatable bonds is 35. The van der Waals surface area contributed by atoms with Crippen molar-refractivity contribution < 1.29 is 42.9 Å². The van der Waals surface area contributed by atoms with Crippen LogP contribution in [0.15, 0.2) is 119 Å². The number of nitrogens with zero attached hydrogens (tertiary/aromatic N) is 7. The third-order valence-corrected chi connectivity index (χ3v) is 15.1. The second kappa shape index (κ2) is 33.3. The zero-order valence-electron chi connectivity index (χ0n) is 46.7. The van der Waals surface area contributed by atoms with Crippen molar-refractivity contribution >= 4 is 61.8 Å². The molecule has 6 aromatic rings. The van der Waals surface area contributed by atoms with Crippen molar-refractivity contribution in [2.75, 3.05) is 110 Å². The molecule has 2 aliphatic rings. The molecular formula is C60H76BrN11O9S. The Morgan fingerprint density at radius 1 is 0.720 bits per heavy atom. The van der Waals surface area contributed by atoms with Crippen LogP contribution in [0.2, 0.25) is 0 Å². The minimum atomic E-state index is -0.706. The van der Waals surface area contributed by atoms with Gasteiger partial charge in [0, 0.05) is 79.9 Å². The van der Waals surface area contributed by atoms with E-state index in [-0.39, 0.29) is 30.2 Å². The van der Waals surface area contributed by atoms with Crippen LogP contribution in [0.4, 0.5) is 15.6 Å². The van der Waals surface area contributed by atoms with Crippen molar-refractivity contribution in [2.45, 2.75) is 76.5 Å². The summed E-state index contributed by atoms with van der Waals surface area (Å²) in [7, 11) is 2.05. The number of hydrogen-bond acceptors (Lipinski definition) is 15. The summed E-state index contributed by atoms with van der Waals surface area (Å²) in [5.41, 5.74) is 4.93. The molecule has 1 aliphatic carbocycles. The molecule has 0 unspecified atom stereocenters. The van der Waals surface area contributed by atoms with Crippen LogP contribution in [0.1, 0.15) is 66.2 Å². The third kappa shape index (κ3) is 21.2. The third-order valence-electron chi connectivity index (χ3n) is 13.7. The highest BCUT2D eigenvalue weighted by Crippen LogP contribution is 2.36. The number of anilines is 2. The monoisotopic (exact) mass is 1210 g/mol. The number of likely N-dealkylation sites (N-methyl/N-ethyl adjacent to an activating group) is 1. The topological polar surface area (TPSA) is 216 Å². The van der Waals surface area contributed by atoms with Gasteiger partial charge in [-0.15, -0.1) is 16.4 Å². The molecule has 0 spiro atoms. The first-order chi connectivity index (χ1) is 40.1. The van der Waals surface area contributed by atoms with E-state index in [0.717, 1.165) is 84.5 Å². The Balaban J connectivity index is 0.589. The Bertz CT molecular complexity index is 2870.